The van der Waals surface area contributed by atoms with Gasteiger partial charge in [-0.1, -0.05) is 76.6 Å². The largest absolute Gasteiger partial charge is 0.398 e. The van der Waals surface area contributed by atoms with Crippen molar-refractivity contribution in [2.24, 2.45) is 0 Å². The summed E-state index contributed by atoms with van der Waals surface area (Å²) >= 11 is 3.10. The minimum atomic E-state index is 0.126. The molecule has 28 heavy (non-hydrogen) atoms. The van der Waals surface area contributed by atoms with Crippen LogP contribution in [0.25, 0.3) is 16.9 Å². The molecule has 2 N–H and O–H groups in total. The van der Waals surface area contributed by atoms with E-state index in [1.165, 1.54) is 0 Å². The molecule has 0 aliphatic heterocycles. The maximum atomic E-state index is 11.0. The van der Waals surface area contributed by atoms with E-state index in [9.17, 15) is 4.79 Å². The van der Waals surface area contributed by atoms with Crippen LogP contribution in [-0.4, -0.2) is 20.5 Å². The zero-order valence-electron chi connectivity index (χ0n) is 14.9. The summed E-state index contributed by atoms with van der Waals surface area (Å²) < 4.78 is 1.82. The van der Waals surface area contributed by atoms with Gasteiger partial charge in [-0.3, -0.25) is 4.79 Å². The molecule has 0 fully saturated rings. The summed E-state index contributed by atoms with van der Waals surface area (Å²) in [6.45, 7) is 0. The van der Waals surface area contributed by atoms with Gasteiger partial charge in [-0.2, -0.15) is 5.26 Å². The predicted octanol–water partition coefficient (Wildman–Crippen LogP) is 4.72. The van der Waals surface area contributed by atoms with E-state index in [2.05, 4.69) is 27.0 Å². The van der Waals surface area contributed by atoms with Crippen molar-refractivity contribution in [2.75, 3.05) is 11.1 Å². The Morgan fingerprint density at radius 3 is 2.32 bits per heavy atom. The summed E-state index contributed by atoms with van der Waals surface area (Å²) in [4.78, 5) is 15.5. The highest BCUT2D eigenvalue weighted by atomic mass is 79.9. The Bertz CT molecular complexity index is 1130. The number of halogens is 1. The number of alkyl halides is 1. The van der Waals surface area contributed by atoms with Gasteiger partial charge in [-0.05, 0) is 0 Å². The third-order valence-electron chi connectivity index (χ3n) is 4.03. The molecule has 2 aromatic heterocycles. The lowest BCUT2D eigenvalue weighted by atomic mass is 10.2. The smallest absolute Gasteiger partial charge is 0.173 e. The molecule has 2 heterocycles. The molecule has 0 atom stereocenters. The van der Waals surface area contributed by atoms with Crippen LogP contribution in [0.1, 0.15) is 15.9 Å². The molecular weight excluding hydrogens is 416 g/mol. The maximum Gasteiger partial charge on any atom is 0.173 e. The SMILES string of the molecule is N#Cc1cn2cc(-c3ccccc3)nc2cc1N.O=C(CBr)c1ccccc1. The van der Waals surface area contributed by atoms with Gasteiger partial charge in [0, 0.05) is 29.6 Å². The number of anilines is 1. The Morgan fingerprint density at radius 1 is 1.07 bits per heavy atom. The highest BCUT2D eigenvalue weighted by Gasteiger charge is 2.07. The minimum Gasteiger partial charge on any atom is -0.398 e. The first-order valence-corrected chi connectivity index (χ1v) is 9.62. The number of nitrogens with zero attached hydrogens (tertiary/aromatic N) is 3. The number of benzene rings is 2. The maximum absolute atomic E-state index is 11.0. The van der Waals surface area contributed by atoms with Crippen LogP contribution in [0.4, 0.5) is 5.69 Å². The molecule has 2 aromatic carbocycles. The molecule has 0 aliphatic rings. The number of fused-ring (bicyclic) bond motifs is 1. The van der Waals surface area contributed by atoms with Crippen molar-refractivity contribution in [3.05, 3.63) is 90.3 Å². The van der Waals surface area contributed by atoms with E-state index < -0.39 is 0 Å². The van der Waals surface area contributed by atoms with Crippen LogP contribution in [0.2, 0.25) is 0 Å². The molecule has 0 unspecified atom stereocenters. The van der Waals surface area contributed by atoms with Gasteiger partial charge in [0.1, 0.15) is 11.7 Å². The molecule has 0 amide bonds. The number of imidazole rings is 1. The standard InChI is InChI=1S/C14H10N4.C8H7BrO/c15-7-11-8-18-9-13(10-4-2-1-3-5-10)17-14(18)6-12(11)16;9-6-8(10)7-4-2-1-3-5-7/h1-6,8-9H,16H2;1-5H,6H2. The van der Waals surface area contributed by atoms with Crippen molar-refractivity contribution in [1.29, 1.82) is 5.26 Å². The van der Waals surface area contributed by atoms with Crippen LogP contribution in [0.5, 0.6) is 0 Å². The van der Waals surface area contributed by atoms with Crippen LogP contribution in [0.15, 0.2) is 79.1 Å². The van der Waals surface area contributed by atoms with Gasteiger partial charge in [0.25, 0.3) is 0 Å². The molecule has 0 aliphatic carbocycles. The second-order valence-electron chi connectivity index (χ2n) is 5.93. The molecule has 0 bridgehead atoms. The number of ketones is 1. The van der Waals surface area contributed by atoms with Crippen molar-refractivity contribution in [3.63, 3.8) is 0 Å². The summed E-state index contributed by atoms with van der Waals surface area (Å²) in [5.41, 5.74) is 10.1. The number of hydrogen-bond acceptors (Lipinski definition) is 4. The second kappa shape index (κ2) is 8.98. The van der Waals surface area contributed by atoms with Crippen LogP contribution < -0.4 is 5.73 Å². The normalized spacial score (nSPS) is 10.0. The molecule has 5 nitrogen and oxygen atoms in total. The van der Waals surface area contributed by atoms with E-state index in [4.69, 9.17) is 11.0 Å². The number of aromatic nitrogens is 2. The minimum absolute atomic E-state index is 0.126. The lowest BCUT2D eigenvalue weighted by Gasteiger charge is -1.97. The average molecular weight is 433 g/mol. The molecule has 4 rings (SSSR count). The Hall–Kier alpha value is -3.43. The summed E-state index contributed by atoms with van der Waals surface area (Å²) in [6.07, 6.45) is 3.59. The van der Waals surface area contributed by atoms with Crippen molar-refractivity contribution >= 4 is 33.0 Å². The van der Waals surface area contributed by atoms with E-state index in [1.807, 2.05) is 71.3 Å². The van der Waals surface area contributed by atoms with Crippen LogP contribution in [0.3, 0.4) is 0 Å². The van der Waals surface area contributed by atoms with E-state index in [0.717, 1.165) is 22.5 Å². The summed E-state index contributed by atoms with van der Waals surface area (Å²) in [5, 5.41) is 9.34. The zero-order valence-corrected chi connectivity index (χ0v) is 16.5. The quantitative estimate of drug-likeness (QED) is 0.374. The Kier molecular flexibility index (Phi) is 6.20. The summed E-state index contributed by atoms with van der Waals surface area (Å²) in [6, 6.07) is 22.9. The fraction of sp³-hybridized carbons (Fsp3) is 0.0455. The predicted molar refractivity (Wildman–Crippen MR) is 114 cm³/mol. The Labute approximate surface area is 171 Å². The number of carbonyl (C=O) groups is 1. The first kappa shape index (κ1) is 19.3. The van der Waals surface area contributed by atoms with Gasteiger partial charge in [-0.25, -0.2) is 4.98 Å². The van der Waals surface area contributed by atoms with Gasteiger partial charge in [0.15, 0.2) is 5.78 Å². The van der Waals surface area contributed by atoms with Crippen LogP contribution in [-0.2, 0) is 0 Å². The highest BCUT2D eigenvalue weighted by molar-refractivity contribution is 9.09. The van der Waals surface area contributed by atoms with Crippen molar-refractivity contribution in [3.8, 4) is 17.3 Å². The van der Waals surface area contributed by atoms with Gasteiger partial charge in [0.05, 0.1) is 22.3 Å². The number of pyridine rings is 1. The van der Waals surface area contributed by atoms with E-state index in [1.54, 1.807) is 12.3 Å². The van der Waals surface area contributed by atoms with Crippen molar-refractivity contribution in [2.45, 2.75) is 0 Å². The van der Waals surface area contributed by atoms with Gasteiger partial charge >= 0.3 is 0 Å². The lowest BCUT2D eigenvalue weighted by molar-refractivity contribution is 0.102. The lowest BCUT2D eigenvalue weighted by Crippen LogP contribution is -1.98. The molecule has 0 spiro atoms. The molecule has 0 saturated heterocycles. The molecule has 0 radical (unpaired) electrons. The number of carbonyl (C=O) groups excluding carboxylic acids is 1. The molecule has 138 valence electrons. The molecule has 0 saturated carbocycles. The Morgan fingerprint density at radius 2 is 1.71 bits per heavy atom. The van der Waals surface area contributed by atoms with Crippen LogP contribution in [0, 0.1) is 11.3 Å². The monoisotopic (exact) mass is 432 g/mol. The number of nitrogen functional groups attached to an aromatic ring is 1. The van der Waals surface area contributed by atoms with Gasteiger partial charge in [-0.15, -0.1) is 0 Å². The third-order valence-corrected chi connectivity index (χ3v) is 4.54. The van der Waals surface area contributed by atoms with Crippen molar-refractivity contribution in [1.82, 2.24) is 9.38 Å². The van der Waals surface area contributed by atoms with E-state index >= 15 is 0 Å². The number of Topliss-reactive ketones (excluding diaryl/α,β-unsaturated/α-hetero) is 1. The van der Waals surface area contributed by atoms with E-state index in [0.29, 0.717) is 16.6 Å². The topological polar surface area (TPSA) is 84.2 Å². The molecular formula is C22H17BrN4O. The van der Waals surface area contributed by atoms with Gasteiger partial charge < -0.3 is 10.1 Å². The second-order valence-corrected chi connectivity index (χ2v) is 6.50. The van der Waals surface area contributed by atoms with Gasteiger partial charge in [0.2, 0.25) is 0 Å². The fourth-order valence-electron chi connectivity index (χ4n) is 2.59. The third kappa shape index (κ3) is 4.45. The number of nitriles is 1. The summed E-state index contributed by atoms with van der Waals surface area (Å²) in [7, 11) is 0. The fourth-order valence-corrected chi connectivity index (χ4v) is 2.91. The number of hydrogen-bond donors (Lipinski definition) is 1. The molecule has 4 aromatic rings. The first-order chi connectivity index (χ1) is 13.6. The van der Waals surface area contributed by atoms with Crippen LogP contribution >= 0.6 is 15.9 Å². The Balaban J connectivity index is 0.000000192. The molecule has 6 heteroatoms. The number of rotatable bonds is 3. The van der Waals surface area contributed by atoms with E-state index in [-0.39, 0.29) is 5.78 Å². The number of nitrogens with two attached hydrogens (primary N) is 1. The first-order valence-electron chi connectivity index (χ1n) is 8.50. The van der Waals surface area contributed by atoms with Crippen molar-refractivity contribution < 1.29 is 4.79 Å². The summed E-state index contributed by atoms with van der Waals surface area (Å²) in [5.74, 6) is 0.126. The average Bonchev–Trinajstić information content (AvgIpc) is 3.17. The highest BCUT2D eigenvalue weighted by Crippen LogP contribution is 2.21. The zero-order chi connectivity index (χ0) is 19.9.